The summed E-state index contributed by atoms with van der Waals surface area (Å²) in [5, 5.41) is 2.70. The van der Waals surface area contributed by atoms with Gasteiger partial charge >= 0.3 is 0 Å². The maximum Gasteiger partial charge on any atom is 0.185 e. The first kappa shape index (κ1) is 17.2. The molecule has 2 aromatic rings. The average Bonchev–Trinajstić information content (AvgIpc) is 3.17. The van der Waals surface area contributed by atoms with Crippen LogP contribution in [0.2, 0.25) is 10.0 Å². The maximum atomic E-state index is 12.6. The lowest BCUT2D eigenvalue weighted by Crippen LogP contribution is -3.10. The van der Waals surface area contributed by atoms with Crippen molar-refractivity contribution in [2.75, 3.05) is 18.8 Å². The van der Waals surface area contributed by atoms with Crippen LogP contribution in [-0.4, -0.2) is 27.3 Å². The Balaban J connectivity index is 1.73. The summed E-state index contributed by atoms with van der Waals surface area (Å²) in [4.78, 5) is 2.82. The lowest BCUT2D eigenvalue weighted by Gasteiger charge is -2.20. The first-order valence-corrected chi connectivity index (χ1v) is 10.8. The highest BCUT2D eigenvalue weighted by atomic mass is 35.5. The van der Waals surface area contributed by atoms with E-state index >= 15 is 0 Å². The number of thiophene rings is 1. The van der Waals surface area contributed by atoms with Crippen molar-refractivity contribution in [2.24, 2.45) is 0 Å². The van der Waals surface area contributed by atoms with Gasteiger partial charge in [-0.05, 0) is 29.6 Å². The molecule has 0 spiro atoms. The Bertz CT molecular complexity index is 775. The highest BCUT2D eigenvalue weighted by Crippen LogP contribution is 2.26. The standard InChI is InChI=1S/C16H17Cl2NO2S2/c17-12-5-6-13(18)16(11-12)23(20,21)10-8-19-7-1-3-14(19)15-4-2-9-22-15/h2,4-6,9,11,14H,1,3,7-8,10H2/p+1/t14-/m1/s1. The molecule has 2 atom stereocenters. The summed E-state index contributed by atoms with van der Waals surface area (Å²) in [6.45, 7) is 1.61. The number of hydrogen-bond donors (Lipinski definition) is 1. The number of likely N-dealkylation sites (tertiary alicyclic amines) is 1. The van der Waals surface area contributed by atoms with E-state index in [1.165, 1.54) is 21.9 Å². The summed E-state index contributed by atoms with van der Waals surface area (Å²) in [5.41, 5.74) is 0. The van der Waals surface area contributed by atoms with E-state index in [-0.39, 0.29) is 15.7 Å². The van der Waals surface area contributed by atoms with Gasteiger partial charge in [-0.2, -0.15) is 0 Å². The zero-order chi connectivity index (χ0) is 16.4. The van der Waals surface area contributed by atoms with E-state index in [1.807, 2.05) is 0 Å². The number of benzene rings is 1. The molecule has 1 N–H and O–H groups in total. The smallest absolute Gasteiger partial charge is 0.185 e. The second kappa shape index (κ2) is 7.11. The van der Waals surface area contributed by atoms with Crippen molar-refractivity contribution in [1.29, 1.82) is 0 Å². The van der Waals surface area contributed by atoms with E-state index in [2.05, 4.69) is 17.5 Å². The first-order chi connectivity index (χ1) is 11.0. The van der Waals surface area contributed by atoms with Crippen LogP contribution in [0.5, 0.6) is 0 Å². The van der Waals surface area contributed by atoms with Gasteiger partial charge in [0.05, 0.1) is 27.9 Å². The number of quaternary nitrogens is 1. The molecule has 7 heteroatoms. The molecule has 3 nitrogen and oxygen atoms in total. The van der Waals surface area contributed by atoms with Crippen molar-refractivity contribution in [3.8, 4) is 0 Å². The van der Waals surface area contributed by atoms with E-state index in [9.17, 15) is 8.42 Å². The van der Waals surface area contributed by atoms with Gasteiger partial charge in [0.15, 0.2) is 9.84 Å². The van der Waals surface area contributed by atoms with Crippen LogP contribution in [0.4, 0.5) is 0 Å². The molecule has 124 valence electrons. The SMILES string of the molecule is O=S(=O)(CC[NH+]1CCC[C@@H]1c1cccs1)c1cc(Cl)ccc1Cl. The molecule has 0 amide bonds. The third kappa shape index (κ3) is 3.91. The number of nitrogens with one attached hydrogen (secondary N) is 1. The highest BCUT2D eigenvalue weighted by molar-refractivity contribution is 7.91. The van der Waals surface area contributed by atoms with Gasteiger partial charge in [0.25, 0.3) is 0 Å². The molecule has 0 aliphatic carbocycles. The Hall–Kier alpha value is -0.590. The van der Waals surface area contributed by atoms with Gasteiger partial charge < -0.3 is 4.90 Å². The lowest BCUT2D eigenvalue weighted by molar-refractivity contribution is -0.915. The normalized spacial score (nSPS) is 21.7. The third-order valence-electron chi connectivity index (χ3n) is 4.29. The van der Waals surface area contributed by atoms with Crippen LogP contribution in [-0.2, 0) is 9.84 Å². The van der Waals surface area contributed by atoms with Crippen molar-refractivity contribution in [2.45, 2.75) is 23.8 Å². The summed E-state index contributed by atoms with van der Waals surface area (Å²) in [6, 6.07) is 9.19. The molecule has 1 unspecified atom stereocenters. The van der Waals surface area contributed by atoms with Gasteiger partial charge in [-0.15, -0.1) is 11.3 Å². The summed E-state index contributed by atoms with van der Waals surface area (Å²) in [6.07, 6.45) is 2.25. The molecule has 1 aromatic heterocycles. The predicted molar refractivity (Wildman–Crippen MR) is 95.5 cm³/mol. The highest BCUT2D eigenvalue weighted by Gasteiger charge is 2.32. The van der Waals surface area contributed by atoms with Crippen molar-refractivity contribution in [3.05, 3.63) is 50.6 Å². The molecule has 3 rings (SSSR count). The average molecular weight is 391 g/mol. The largest absolute Gasteiger partial charge is 0.327 e. The predicted octanol–water partition coefficient (Wildman–Crippen LogP) is 3.25. The number of halogens is 2. The molecule has 1 aromatic carbocycles. The fraction of sp³-hybridized carbons (Fsp3) is 0.375. The fourth-order valence-electron chi connectivity index (χ4n) is 3.13. The Morgan fingerprint density at radius 2 is 2.09 bits per heavy atom. The van der Waals surface area contributed by atoms with E-state index in [1.54, 1.807) is 17.4 Å². The maximum absolute atomic E-state index is 12.6. The summed E-state index contributed by atoms with van der Waals surface area (Å²) < 4.78 is 25.2. The minimum Gasteiger partial charge on any atom is -0.327 e. The van der Waals surface area contributed by atoms with E-state index < -0.39 is 9.84 Å². The van der Waals surface area contributed by atoms with Crippen LogP contribution in [0.1, 0.15) is 23.8 Å². The monoisotopic (exact) mass is 390 g/mol. The zero-order valence-corrected chi connectivity index (χ0v) is 15.6. The Kier molecular flexibility index (Phi) is 5.33. The van der Waals surface area contributed by atoms with E-state index in [0.29, 0.717) is 17.6 Å². The summed E-state index contributed by atoms with van der Waals surface area (Å²) in [7, 11) is -3.43. The van der Waals surface area contributed by atoms with Crippen LogP contribution < -0.4 is 4.90 Å². The number of rotatable bonds is 5. The molecule has 1 aliphatic heterocycles. The van der Waals surface area contributed by atoms with Gasteiger partial charge in [0, 0.05) is 17.9 Å². The molecule has 2 heterocycles. The third-order valence-corrected chi connectivity index (χ3v) is 7.70. The molecule has 0 radical (unpaired) electrons. The molecule has 1 aliphatic rings. The fourth-order valence-corrected chi connectivity index (χ4v) is 6.18. The van der Waals surface area contributed by atoms with E-state index in [0.717, 1.165) is 19.4 Å². The van der Waals surface area contributed by atoms with Crippen LogP contribution in [0.15, 0.2) is 40.6 Å². The van der Waals surface area contributed by atoms with Crippen molar-refractivity contribution in [3.63, 3.8) is 0 Å². The molecule has 1 saturated heterocycles. The van der Waals surface area contributed by atoms with Crippen molar-refractivity contribution >= 4 is 44.4 Å². The summed E-state index contributed by atoms with van der Waals surface area (Å²) in [5.74, 6) is 0.0876. The lowest BCUT2D eigenvalue weighted by atomic mass is 10.2. The second-order valence-electron chi connectivity index (χ2n) is 5.76. The minimum atomic E-state index is -3.43. The zero-order valence-electron chi connectivity index (χ0n) is 12.5. The van der Waals surface area contributed by atoms with Gasteiger partial charge in [0.1, 0.15) is 11.8 Å². The van der Waals surface area contributed by atoms with Gasteiger partial charge in [-0.3, -0.25) is 0 Å². The summed E-state index contributed by atoms with van der Waals surface area (Å²) >= 11 is 13.7. The second-order valence-corrected chi connectivity index (χ2v) is 9.66. The Labute approximate surface area is 150 Å². The van der Waals surface area contributed by atoms with Crippen LogP contribution >= 0.6 is 34.5 Å². The number of sulfone groups is 1. The Morgan fingerprint density at radius 3 is 2.83 bits per heavy atom. The molecular formula is C16H18Cl2NO2S2+. The van der Waals surface area contributed by atoms with E-state index in [4.69, 9.17) is 23.2 Å². The minimum absolute atomic E-state index is 0.0876. The molecule has 1 fully saturated rings. The van der Waals surface area contributed by atoms with Gasteiger partial charge in [0.2, 0.25) is 0 Å². The topological polar surface area (TPSA) is 38.6 Å². The van der Waals surface area contributed by atoms with Crippen LogP contribution in [0, 0.1) is 0 Å². The van der Waals surface area contributed by atoms with Crippen LogP contribution in [0.3, 0.4) is 0 Å². The van der Waals surface area contributed by atoms with Gasteiger partial charge in [-0.25, -0.2) is 8.42 Å². The molecule has 23 heavy (non-hydrogen) atoms. The molecular weight excluding hydrogens is 373 g/mol. The quantitative estimate of drug-likeness (QED) is 0.850. The van der Waals surface area contributed by atoms with Crippen LogP contribution in [0.25, 0.3) is 0 Å². The Morgan fingerprint density at radius 1 is 1.26 bits per heavy atom. The number of hydrogen-bond acceptors (Lipinski definition) is 3. The van der Waals surface area contributed by atoms with Crippen molar-refractivity contribution < 1.29 is 13.3 Å². The van der Waals surface area contributed by atoms with Crippen molar-refractivity contribution in [1.82, 2.24) is 0 Å². The van der Waals surface area contributed by atoms with Gasteiger partial charge in [-0.1, -0.05) is 29.3 Å². The molecule has 0 saturated carbocycles. The molecule has 0 bridgehead atoms. The first-order valence-electron chi connectivity index (χ1n) is 7.53.